The zero-order valence-corrected chi connectivity index (χ0v) is 11.6. The maximum atomic E-state index is 5.64. The highest BCUT2D eigenvalue weighted by Gasteiger charge is 2.04. The summed E-state index contributed by atoms with van der Waals surface area (Å²) in [5, 5.41) is 4.12. The zero-order chi connectivity index (χ0) is 13.0. The normalized spacial score (nSPS) is 10.3. The molecule has 0 aliphatic heterocycles. The molecule has 5 nitrogen and oxygen atoms in total. The third-order valence-electron chi connectivity index (χ3n) is 2.39. The molecular weight excluding hydrogens is 298 g/mol. The van der Waals surface area contributed by atoms with Crippen molar-refractivity contribution in [2.45, 2.75) is 6.54 Å². The Morgan fingerprint density at radius 3 is 2.67 bits per heavy atom. The molecule has 0 saturated carbocycles. The van der Waals surface area contributed by atoms with Crippen LogP contribution in [0.5, 0.6) is 11.5 Å². The summed E-state index contributed by atoms with van der Waals surface area (Å²) in [4.78, 5) is 0. The Labute approximate surface area is 114 Å². The molecule has 0 atom stereocenters. The molecule has 0 unspecified atom stereocenters. The molecule has 6 heteroatoms. The van der Waals surface area contributed by atoms with E-state index in [0.29, 0.717) is 19.0 Å². The quantitative estimate of drug-likeness (QED) is 0.920. The molecule has 1 heterocycles. The summed E-state index contributed by atoms with van der Waals surface area (Å²) < 4.78 is 13.4. The number of nitrogens with zero attached hydrogens (tertiary/aromatic N) is 2. The van der Waals surface area contributed by atoms with Crippen LogP contribution in [0.4, 0.5) is 5.82 Å². The molecule has 0 aliphatic rings. The minimum absolute atomic E-state index is 0.479. The van der Waals surface area contributed by atoms with Gasteiger partial charge in [-0.05, 0) is 28.1 Å². The van der Waals surface area contributed by atoms with Crippen molar-refractivity contribution in [1.82, 2.24) is 9.78 Å². The van der Waals surface area contributed by atoms with E-state index < -0.39 is 0 Å². The van der Waals surface area contributed by atoms with Gasteiger partial charge in [0, 0.05) is 6.20 Å². The molecule has 0 aliphatic carbocycles. The van der Waals surface area contributed by atoms with Crippen LogP contribution in [-0.4, -0.2) is 23.5 Å². The van der Waals surface area contributed by atoms with Crippen LogP contribution >= 0.6 is 15.9 Å². The topological polar surface area (TPSA) is 62.3 Å². The van der Waals surface area contributed by atoms with Gasteiger partial charge in [-0.1, -0.05) is 12.1 Å². The molecule has 1 aromatic carbocycles. The average molecular weight is 312 g/mol. The molecule has 18 heavy (non-hydrogen) atoms. The maximum absolute atomic E-state index is 5.64. The highest BCUT2D eigenvalue weighted by Crippen LogP contribution is 2.25. The molecule has 0 bridgehead atoms. The molecule has 2 N–H and O–H groups in total. The first-order valence-corrected chi connectivity index (χ1v) is 6.24. The summed E-state index contributed by atoms with van der Waals surface area (Å²) >= 11 is 3.31. The van der Waals surface area contributed by atoms with Gasteiger partial charge in [-0.2, -0.15) is 5.10 Å². The molecule has 2 rings (SSSR count). The van der Waals surface area contributed by atoms with Crippen LogP contribution in [0.25, 0.3) is 0 Å². The zero-order valence-electron chi connectivity index (χ0n) is 9.97. The minimum Gasteiger partial charge on any atom is -0.493 e. The van der Waals surface area contributed by atoms with E-state index in [1.165, 1.54) is 0 Å². The van der Waals surface area contributed by atoms with Gasteiger partial charge >= 0.3 is 0 Å². The number of rotatable bonds is 5. The number of nitrogen functional groups attached to an aromatic ring is 1. The Kier molecular flexibility index (Phi) is 4.09. The lowest BCUT2D eigenvalue weighted by Crippen LogP contribution is -2.09. The van der Waals surface area contributed by atoms with Crippen molar-refractivity contribution in [3.8, 4) is 11.5 Å². The molecule has 1 aromatic heterocycles. The van der Waals surface area contributed by atoms with Crippen LogP contribution in [0, 0.1) is 0 Å². The van der Waals surface area contributed by atoms with E-state index in [9.17, 15) is 0 Å². The van der Waals surface area contributed by atoms with Gasteiger partial charge in [0.05, 0.1) is 18.1 Å². The lowest BCUT2D eigenvalue weighted by atomic mass is 10.3. The molecule has 0 fully saturated rings. The van der Waals surface area contributed by atoms with E-state index in [-0.39, 0.29) is 0 Å². The fourth-order valence-electron chi connectivity index (χ4n) is 1.51. The van der Waals surface area contributed by atoms with Crippen molar-refractivity contribution in [3.05, 3.63) is 34.9 Å². The van der Waals surface area contributed by atoms with E-state index in [2.05, 4.69) is 21.0 Å². The van der Waals surface area contributed by atoms with Crippen molar-refractivity contribution in [1.29, 1.82) is 0 Å². The number of methoxy groups -OCH3 is 1. The summed E-state index contributed by atoms with van der Waals surface area (Å²) in [6.07, 6.45) is 1.82. The van der Waals surface area contributed by atoms with Crippen LogP contribution in [0.15, 0.2) is 34.9 Å². The van der Waals surface area contributed by atoms with Gasteiger partial charge in [-0.15, -0.1) is 0 Å². The van der Waals surface area contributed by atoms with E-state index in [4.69, 9.17) is 15.2 Å². The monoisotopic (exact) mass is 311 g/mol. The summed E-state index contributed by atoms with van der Waals surface area (Å²) in [5.74, 6) is 1.92. The van der Waals surface area contributed by atoms with Crippen LogP contribution in [0.3, 0.4) is 0 Å². The number of hydrogen-bond acceptors (Lipinski definition) is 4. The first-order chi connectivity index (χ1) is 8.70. The summed E-state index contributed by atoms with van der Waals surface area (Å²) in [6.45, 7) is 1.11. The number of anilines is 1. The molecule has 96 valence electrons. The van der Waals surface area contributed by atoms with Gasteiger partial charge in [0.15, 0.2) is 17.3 Å². The van der Waals surface area contributed by atoms with Crippen LogP contribution in [0.1, 0.15) is 0 Å². The molecule has 0 radical (unpaired) electrons. The number of aromatic nitrogens is 2. The smallest absolute Gasteiger partial charge is 0.161 e. The van der Waals surface area contributed by atoms with E-state index in [1.54, 1.807) is 11.8 Å². The lowest BCUT2D eigenvalue weighted by molar-refractivity contribution is 0.274. The van der Waals surface area contributed by atoms with Crippen molar-refractivity contribution < 1.29 is 9.47 Å². The van der Waals surface area contributed by atoms with Gasteiger partial charge < -0.3 is 15.2 Å². The van der Waals surface area contributed by atoms with Gasteiger partial charge in [0.2, 0.25) is 0 Å². The first kappa shape index (κ1) is 12.8. The SMILES string of the molecule is COc1ccccc1OCCn1cc(Br)c(N)n1. The second-order valence-electron chi connectivity index (χ2n) is 3.62. The largest absolute Gasteiger partial charge is 0.493 e. The Morgan fingerprint density at radius 1 is 1.33 bits per heavy atom. The van der Waals surface area contributed by atoms with Crippen molar-refractivity contribution in [3.63, 3.8) is 0 Å². The number of benzene rings is 1. The second kappa shape index (κ2) is 5.77. The summed E-state index contributed by atoms with van der Waals surface area (Å²) in [6, 6.07) is 7.53. The molecule has 0 amide bonds. The van der Waals surface area contributed by atoms with E-state index >= 15 is 0 Å². The average Bonchev–Trinajstić information content (AvgIpc) is 2.69. The number of ether oxygens (including phenoxy) is 2. The van der Waals surface area contributed by atoms with Gasteiger partial charge in [0.25, 0.3) is 0 Å². The Morgan fingerprint density at radius 2 is 2.06 bits per heavy atom. The van der Waals surface area contributed by atoms with Crippen LogP contribution < -0.4 is 15.2 Å². The number of halogens is 1. The molecule has 0 spiro atoms. The highest BCUT2D eigenvalue weighted by molar-refractivity contribution is 9.10. The van der Waals surface area contributed by atoms with E-state index in [1.807, 2.05) is 30.5 Å². The number of nitrogens with two attached hydrogens (primary N) is 1. The lowest BCUT2D eigenvalue weighted by Gasteiger charge is -2.10. The number of para-hydroxylation sites is 2. The Hall–Kier alpha value is -1.69. The third-order valence-corrected chi connectivity index (χ3v) is 3.00. The fraction of sp³-hybridized carbons (Fsp3) is 0.250. The summed E-state index contributed by atoms with van der Waals surface area (Å²) in [7, 11) is 1.62. The fourth-order valence-corrected chi connectivity index (χ4v) is 1.83. The van der Waals surface area contributed by atoms with Crippen molar-refractivity contribution in [2.75, 3.05) is 19.5 Å². The highest BCUT2D eigenvalue weighted by atomic mass is 79.9. The van der Waals surface area contributed by atoms with Gasteiger partial charge in [-0.25, -0.2) is 0 Å². The van der Waals surface area contributed by atoms with Gasteiger partial charge in [0.1, 0.15) is 6.61 Å². The molecule has 2 aromatic rings. The van der Waals surface area contributed by atoms with Gasteiger partial charge in [-0.3, -0.25) is 4.68 Å². The van der Waals surface area contributed by atoms with Crippen molar-refractivity contribution in [2.24, 2.45) is 0 Å². The predicted octanol–water partition coefficient (Wildman–Crippen LogP) is 2.32. The molecular formula is C12H14BrN3O2. The summed E-state index contributed by atoms with van der Waals surface area (Å²) in [5.41, 5.74) is 5.63. The van der Waals surface area contributed by atoms with E-state index in [0.717, 1.165) is 16.0 Å². The first-order valence-electron chi connectivity index (χ1n) is 5.45. The van der Waals surface area contributed by atoms with Crippen molar-refractivity contribution >= 4 is 21.7 Å². The Balaban J connectivity index is 1.92. The number of hydrogen-bond donors (Lipinski definition) is 1. The third kappa shape index (κ3) is 2.95. The van der Waals surface area contributed by atoms with Crippen LogP contribution in [0.2, 0.25) is 0 Å². The molecule has 0 saturated heterocycles. The maximum Gasteiger partial charge on any atom is 0.161 e. The Bertz CT molecular complexity index is 508. The minimum atomic E-state index is 0.479. The second-order valence-corrected chi connectivity index (χ2v) is 4.48. The standard InChI is InChI=1S/C12H14BrN3O2/c1-17-10-4-2-3-5-11(10)18-7-6-16-8-9(13)12(14)15-16/h2-5,8H,6-7H2,1H3,(H2,14,15). The van der Waals surface area contributed by atoms with Crippen LogP contribution in [-0.2, 0) is 6.54 Å². The predicted molar refractivity (Wildman–Crippen MR) is 72.8 cm³/mol.